The van der Waals surface area contributed by atoms with E-state index < -0.39 is 12.0 Å². The van der Waals surface area contributed by atoms with Gasteiger partial charge in [0.1, 0.15) is 24.2 Å². The van der Waals surface area contributed by atoms with Crippen molar-refractivity contribution in [3.05, 3.63) is 102 Å². The first-order valence-corrected chi connectivity index (χ1v) is 10.1. The molecule has 0 bridgehead atoms. The summed E-state index contributed by atoms with van der Waals surface area (Å²) in [6.07, 6.45) is 2.22. The van der Waals surface area contributed by atoms with E-state index >= 15 is 0 Å². The van der Waals surface area contributed by atoms with Gasteiger partial charge in [-0.3, -0.25) is 10.1 Å². The lowest BCUT2D eigenvalue weighted by atomic mass is 10.0. The molecule has 0 radical (unpaired) electrons. The fraction of sp³-hybridized carbons (Fsp3) is 0.160. The molecule has 6 heteroatoms. The van der Waals surface area contributed by atoms with Gasteiger partial charge < -0.3 is 14.8 Å². The number of carboxylic acid groups (broad SMARTS) is 1. The van der Waals surface area contributed by atoms with Crippen molar-refractivity contribution in [2.24, 2.45) is 0 Å². The van der Waals surface area contributed by atoms with Crippen molar-refractivity contribution >= 4 is 16.9 Å². The summed E-state index contributed by atoms with van der Waals surface area (Å²) in [6, 6.07) is 20.7. The third kappa shape index (κ3) is 5.10. The van der Waals surface area contributed by atoms with E-state index in [0.717, 1.165) is 27.6 Å². The van der Waals surface area contributed by atoms with Gasteiger partial charge in [0.05, 0.1) is 0 Å². The first kappa shape index (κ1) is 20.6. The highest BCUT2D eigenvalue weighted by molar-refractivity contribution is 5.84. The zero-order valence-corrected chi connectivity index (χ0v) is 16.8. The number of para-hydroxylation sites is 2. The highest BCUT2D eigenvalue weighted by atomic mass is 19.1. The fourth-order valence-corrected chi connectivity index (χ4v) is 3.53. The number of H-pyrrole nitrogens is 1. The molecule has 0 aliphatic heterocycles. The Bertz CT molecular complexity index is 1170. The van der Waals surface area contributed by atoms with E-state index in [1.54, 1.807) is 12.1 Å². The van der Waals surface area contributed by atoms with Crippen molar-refractivity contribution < 1.29 is 19.0 Å². The number of aromatic amines is 1. The number of carboxylic acids is 1. The number of hydrogen-bond acceptors (Lipinski definition) is 3. The van der Waals surface area contributed by atoms with Crippen molar-refractivity contribution in [1.82, 2.24) is 10.3 Å². The summed E-state index contributed by atoms with van der Waals surface area (Å²) in [7, 11) is 0. The highest BCUT2D eigenvalue weighted by Crippen LogP contribution is 2.21. The summed E-state index contributed by atoms with van der Waals surface area (Å²) in [6.45, 7) is 0.647. The molecule has 0 aliphatic rings. The normalized spacial score (nSPS) is 12.0. The standard InChI is InChI=1S/C25H23FN2O3/c26-20-11-9-17(10-12-20)16-31-24-8-4-1-5-18(24)14-28-23(25(29)30)13-19-15-27-22-7-3-2-6-21(19)22/h1-12,15,23,27-28H,13-14,16H2,(H,29,30)/t23-/m1/s1. The zero-order chi connectivity index (χ0) is 21.6. The minimum Gasteiger partial charge on any atom is -0.489 e. The van der Waals surface area contributed by atoms with E-state index in [0.29, 0.717) is 25.3 Å². The van der Waals surface area contributed by atoms with Crippen LogP contribution in [0.2, 0.25) is 0 Å². The van der Waals surface area contributed by atoms with Crippen molar-refractivity contribution in [2.75, 3.05) is 0 Å². The van der Waals surface area contributed by atoms with E-state index in [9.17, 15) is 14.3 Å². The molecule has 158 valence electrons. The molecule has 0 amide bonds. The molecule has 4 aromatic rings. The molecule has 5 nitrogen and oxygen atoms in total. The van der Waals surface area contributed by atoms with E-state index in [4.69, 9.17) is 4.74 Å². The Morgan fingerprint density at radius 3 is 2.55 bits per heavy atom. The van der Waals surface area contributed by atoms with Crippen LogP contribution in [-0.2, 0) is 24.4 Å². The van der Waals surface area contributed by atoms with Crippen LogP contribution in [0, 0.1) is 5.82 Å². The van der Waals surface area contributed by atoms with E-state index in [1.165, 1.54) is 12.1 Å². The van der Waals surface area contributed by atoms with Gasteiger partial charge in [0, 0.05) is 35.6 Å². The van der Waals surface area contributed by atoms with Gasteiger partial charge in [-0.05, 0) is 35.4 Å². The number of rotatable bonds is 9. The molecule has 3 N–H and O–H groups in total. The third-order valence-corrected chi connectivity index (χ3v) is 5.22. The maximum atomic E-state index is 13.1. The average Bonchev–Trinajstić information content (AvgIpc) is 3.19. The van der Waals surface area contributed by atoms with Crippen LogP contribution in [0.4, 0.5) is 4.39 Å². The lowest BCUT2D eigenvalue weighted by Crippen LogP contribution is -2.38. The summed E-state index contributed by atoms with van der Waals surface area (Å²) in [5.74, 6) is -0.534. The van der Waals surface area contributed by atoms with Crippen LogP contribution in [0.25, 0.3) is 10.9 Å². The second-order valence-electron chi connectivity index (χ2n) is 7.36. The van der Waals surface area contributed by atoms with E-state index in [-0.39, 0.29) is 5.82 Å². The fourth-order valence-electron chi connectivity index (χ4n) is 3.53. The van der Waals surface area contributed by atoms with E-state index in [1.807, 2.05) is 54.7 Å². The molecule has 3 aromatic carbocycles. The van der Waals surface area contributed by atoms with Crippen molar-refractivity contribution in [2.45, 2.75) is 25.6 Å². The van der Waals surface area contributed by atoms with Gasteiger partial charge in [0.15, 0.2) is 0 Å². The summed E-state index contributed by atoms with van der Waals surface area (Å²) in [4.78, 5) is 15.1. The second-order valence-corrected chi connectivity index (χ2v) is 7.36. The minimum atomic E-state index is -0.907. The van der Waals surface area contributed by atoms with Crippen molar-refractivity contribution in [1.29, 1.82) is 0 Å². The summed E-state index contributed by atoms with van der Waals surface area (Å²) in [5.41, 5.74) is 3.65. The summed E-state index contributed by atoms with van der Waals surface area (Å²) in [5, 5.41) is 13.9. The van der Waals surface area contributed by atoms with Crippen LogP contribution in [0.1, 0.15) is 16.7 Å². The molecular formula is C25H23FN2O3. The zero-order valence-electron chi connectivity index (χ0n) is 16.8. The average molecular weight is 418 g/mol. The Morgan fingerprint density at radius 1 is 1.00 bits per heavy atom. The van der Waals surface area contributed by atoms with Crippen LogP contribution in [0.3, 0.4) is 0 Å². The molecule has 0 saturated carbocycles. The maximum absolute atomic E-state index is 13.1. The minimum absolute atomic E-state index is 0.289. The molecule has 0 fully saturated rings. The summed E-state index contributed by atoms with van der Waals surface area (Å²) >= 11 is 0. The topological polar surface area (TPSA) is 74.3 Å². The lowest BCUT2D eigenvalue weighted by molar-refractivity contribution is -0.139. The number of hydrogen-bond donors (Lipinski definition) is 3. The van der Waals surface area contributed by atoms with Gasteiger partial charge in [-0.1, -0.05) is 48.5 Å². The van der Waals surface area contributed by atoms with Crippen LogP contribution in [0.5, 0.6) is 5.75 Å². The Balaban J connectivity index is 1.43. The van der Waals surface area contributed by atoms with Crippen LogP contribution < -0.4 is 10.1 Å². The first-order valence-electron chi connectivity index (χ1n) is 10.1. The smallest absolute Gasteiger partial charge is 0.321 e. The molecule has 0 spiro atoms. The number of benzene rings is 3. The van der Waals surface area contributed by atoms with Crippen LogP contribution >= 0.6 is 0 Å². The quantitative estimate of drug-likeness (QED) is 0.369. The maximum Gasteiger partial charge on any atom is 0.321 e. The van der Waals surface area contributed by atoms with Gasteiger partial charge >= 0.3 is 5.97 Å². The highest BCUT2D eigenvalue weighted by Gasteiger charge is 2.20. The van der Waals surface area contributed by atoms with Gasteiger partial charge in [0.25, 0.3) is 0 Å². The molecule has 1 heterocycles. The van der Waals surface area contributed by atoms with Crippen molar-refractivity contribution in [3.8, 4) is 5.75 Å². The molecule has 1 aromatic heterocycles. The van der Waals surface area contributed by atoms with Gasteiger partial charge in [0.2, 0.25) is 0 Å². The summed E-state index contributed by atoms with van der Waals surface area (Å²) < 4.78 is 19.0. The number of nitrogens with one attached hydrogen (secondary N) is 2. The number of carbonyl (C=O) groups is 1. The number of ether oxygens (including phenoxy) is 1. The molecule has 1 atom stereocenters. The number of aliphatic carboxylic acids is 1. The monoisotopic (exact) mass is 418 g/mol. The Hall–Kier alpha value is -3.64. The Morgan fingerprint density at radius 2 is 1.74 bits per heavy atom. The van der Waals surface area contributed by atoms with Crippen molar-refractivity contribution in [3.63, 3.8) is 0 Å². The Labute approximate surface area is 179 Å². The van der Waals surface area contributed by atoms with Crippen LogP contribution in [0.15, 0.2) is 79.0 Å². The number of fused-ring (bicyclic) bond motifs is 1. The molecule has 0 aliphatic carbocycles. The predicted molar refractivity (Wildman–Crippen MR) is 117 cm³/mol. The number of halogens is 1. The molecule has 0 unspecified atom stereocenters. The third-order valence-electron chi connectivity index (χ3n) is 5.22. The van der Waals surface area contributed by atoms with E-state index in [2.05, 4.69) is 10.3 Å². The number of aromatic nitrogens is 1. The van der Waals surface area contributed by atoms with Gasteiger partial charge in [-0.2, -0.15) is 0 Å². The second kappa shape index (κ2) is 9.45. The Kier molecular flexibility index (Phi) is 6.29. The largest absolute Gasteiger partial charge is 0.489 e. The van der Waals surface area contributed by atoms with Gasteiger partial charge in [-0.25, -0.2) is 4.39 Å². The first-order chi connectivity index (χ1) is 15.1. The molecular weight excluding hydrogens is 395 g/mol. The molecule has 31 heavy (non-hydrogen) atoms. The lowest BCUT2D eigenvalue weighted by Gasteiger charge is -2.16. The van der Waals surface area contributed by atoms with Crippen LogP contribution in [-0.4, -0.2) is 22.1 Å². The predicted octanol–water partition coefficient (Wildman–Crippen LogP) is 4.67. The molecule has 0 saturated heterocycles. The molecule has 4 rings (SSSR count). The van der Waals surface area contributed by atoms with Gasteiger partial charge in [-0.15, -0.1) is 0 Å². The SMILES string of the molecule is O=C(O)[C@@H](Cc1c[nH]c2ccccc12)NCc1ccccc1OCc1ccc(F)cc1.